The van der Waals surface area contributed by atoms with Crippen molar-refractivity contribution in [1.82, 2.24) is 24.5 Å². The molecule has 3 aromatic rings. The molecule has 1 fully saturated rings. The van der Waals surface area contributed by atoms with Crippen LogP contribution in [0.5, 0.6) is 0 Å². The third kappa shape index (κ3) is 5.36. The summed E-state index contributed by atoms with van der Waals surface area (Å²) in [5, 5.41) is 22.8. The minimum atomic E-state index is -0.455. The molecule has 0 aromatic carbocycles. The van der Waals surface area contributed by atoms with Crippen molar-refractivity contribution < 1.29 is 14.6 Å². The Bertz CT molecular complexity index is 1280. The molecular weight excluding hydrogens is 462 g/mol. The topological polar surface area (TPSA) is 135 Å². The maximum atomic E-state index is 13.3. The Hall–Kier alpha value is -3.44. The second-order valence-electron chi connectivity index (χ2n) is 10.0. The van der Waals surface area contributed by atoms with Crippen molar-refractivity contribution in [2.24, 2.45) is 5.41 Å². The van der Waals surface area contributed by atoms with Gasteiger partial charge >= 0.3 is 0 Å². The monoisotopic (exact) mass is 497 g/mol. The Balaban J connectivity index is 1.63. The smallest absolute Gasteiger partial charge is 0.274 e. The van der Waals surface area contributed by atoms with Gasteiger partial charge in [-0.15, -0.1) is 0 Å². The number of pyridine rings is 1. The first-order chi connectivity index (χ1) is 17.3. The lowest BCUT2D eigenvalue weighted by Crippen LogP contribution is -2.36. The number of fused-ring (bicyclic) bond motifs is 1. The molecule has 1 aliphatic rings. The van der Waals surface area contributed by atoms with Crippen molar-refractivity contribution in [2.75, 3.05) is 37.9 Å². The minimum Gasteiger partial charge on any atom is -0.396 e. The summed E-state index contributed by atoms with van der Waals surface area (Å²) in [7, 11) is 3.46. The van der Waals surface area contributed by atoms with Gasteiger partial charge in [0.1, 0.15) is 22.9 Å². The van der Waals surface area contributed by atoms with Crippen LogP contribution in [0.2, 0.25) is 0 Å². The first-order valence-electron chi connectivity index (χ1n) is 12.2. The zero-order valence-corrected chi connectivity index (χ0v) is 21.2. The van der Waals surface area contributed by atoms with Gasteiger partial charge in [0, 0.05) is 51.0 Å². The van der Waals surface area contributed by atoms with Crippen LogP contribution >= 0.6 is 0 Å². The minimum absolute atomic E-state index is 0.0557. The van der Waals surface area contributed by atoms with E-state index in [0.29, 0.717) is 35.1 Å². The number of rotatable bonds is 9. The molecule has 3 aromatic heterocycles. The Kier molecular flexibility index (Phi) is 7.60. The lowest BCUT2D eigenvalue weighted by Gasteiger charge is -2.29. The number of carbonyl (C=O) groups is 1. The third-order valence-electron chi connectivity index (χ3n) is 6.69. The highest BCUT2D eigenvalue weighted by molar-refractivity contribution is 6.00. The molecule has 3 heterocycles. The van der Waals surface area contributed by atoms with Crippen LogP contribution in [-0.2, 0) is 4.74 Å². The fraction of sp³-hybridized carbons (Fsp3) is 0.520. The zero-order valence-electron chi connectivity index (χ0n) is 21.2. The zero-order chi connectivity index (χ0) is 25.9. The van der Waals surface area contributed by atoms with Crippen molar-refractivity contribution in [3.63, 3.8) is 0 Å². The van der Waals surface area contributed by atoms with Gasteiger partial charge in [0.05, 0.1) is 12.3 Å². The van der Waals surface area contributed by atoms with E-state index in [4.69, 9.17) is 4.74 Å². The van der Waals surface area contributed by atoms with Crippen molar-refractivity contribution in [3.05, 3.63) is 46.5 Å². The van der Waals surface area contributed by atoms with Crippen LogP contribution in [-0.4, -0.2) is 63.6 Å². The van der Waals surface area contributed by atoms with Crippen LogP contribution in [0.4, 0.5) is 17.3 Å². The molecule has 4 rings (SSSR count). The average Bonchev–Trinajstić information content (AvgIpc) is 3.32. The summed E-state index contributed by atoms with van der Waals surface area (Å²) in [6, 6.07) is 5.38. The number of hydrogen-bond donors (Lipinski definition) is 4. The van der Waals surface area contributed by atoms with Gasteiger partial charge in [0.25, 0.3) is 11.5 Å². The molecule has 4 N–H and O–H groups in total. The molecule has 1 amide bonds. The van der Waals surface area contributed by atoms with Crippen LogP contribution in [0, 0.1) is 5.41 Å². The maximum Gasteiger partial charge on any atom is 0.274 e. The van der Waals surface area contributed by atoms with Gasteiger partial charge in [-0.05, 0) is 37.8 Å². The summed E-state index contributed by atoms with van der Waals surface area (Å²) < 4.78 is 8.84. The number of aliphatic hydroxyl groups is 1. The van der Waals surface area contributed by atoms with E-state index in [1.165, 1.54) is 10.7 Å². The summed E-state index contributed by atoms with van der Waals surface area (Å²) in [5.74, 6) is 0.666. The molecule has 36 heavy (non-hydrogen) atoms. The van der Waals surface area contributed by atoms with Crippen molar-refractivity contribution in [3.8, 4) is 0 Å². The summed E-state index contributed by atoms with van der Waals surface area (Å²) in [6.45, 7) is 3.96. The maximum absolute atomic E-state index is 13.3. The van der Waals surface area contributed by atoms with Crippen LogP contribution in [0.15, 0.2) is 35.4 Å². The van der Waals surface area contributed by atoms with Gasteiger partial charge in [-0.1, -0.05) is 13.8 Å². The summed E-state index contributed by atoms with van der Waals surface area (Å²) in [4.78, 5) is 30.8. The predicted molar refractivity (Wildman–Crippen MR) is 138 cm³/mol. The quantitative estimate of drug-likeness (QED) is 0.354. The van der Waals surface area contributed by atoms with Gasteiger partial charge in [0.2, 0.25) is 0 Å². The van der Waals surface area contributed by atoms with E-state index in [0.717, 1.165) is 25.7 Å². The fourth-order valence-corrected chi connectivity index (χ4v) is 4.45. The van der Waals surface area contributed by atoms with Crippen molar-refractivity contribution in [1.29, 1.82) is 0 Å². The van der Waals surface area contributed by atoms with Gasteiger partial charge < -0.3 is 30.4 Å². The van der Waals surface area contributed by atoms with E-state index in [9.17, 15) is 14.7 Å². The molecule has 0 aliphatic heterocycles. The molecule has 1 saturated carbocycles. The van der Waals surface area contributed by atoms with Crippen LogP contribution < -0.4 is 21.5 Å². The van der Waals surface area contributed by atoms with Gasteiger partial charge in [-0.2, -0.15) is 9.61 Å². The van der Waals surface area contributed by atoms with E-state index in [1.54, 1.807) is 30.9 Å². The third-order valence-corrected chi connectivity index (χ3v) is 6.69. The van der Waals surface area contributed by atoms with E-state index in [2.05, 4.69) is 26.0 Å². The molecule has 194 valence electrons. The molecule has 0 spiro atoms. The molecule has 1 unspecified atom stereocenters. The SMILES string of the molecule is CNc1cc(Nc2cccn(C3CCC[C@@H](OC)C3)c2=O)nc2c(C(=O)NCC(C)(C)CO)cnn12. The van der Waals surface area contributed by atoms with E-state index >= 15 is 0 Å². The second-order valence-corrected chi connectivity index (χ2v) is 10.0. The molecular formula is C25H35N7O4. The fourth-order valence-electron chi connectivity index (χ4n) is 4.45. The molecule has 1 aliphatic carbocycles. The van der Waals surface area contributed by atoms with Crippen LogP contribution in [0.1, 0.15) is 55.9 Å². The predicted octanol–water partition coefficient (Wildman–Crippen LogP) is 2.55. The highest BCUT2D eigenvalue weighted by atomic mass is 16.5. The lowest BCUT2D eigenvalue weighted by molar-refractivity contribution is 0.0525. The normalized spacial score (nSPS) is 18.2. The summed E-state index contributed by atoms with van der Waals surface area (Å²) in [6.07, 6.45) is 7.18. The van der Waals surface area contributed by atoms with Gasteiger partial charge in [0.15, 0.2) is 5.65 Å². The number of hydrogen-bond acceptors (Lipinski definition) is 8. The molecule has 0 saturated heterocycles. The largest absolute Gasteiger partial charge is 0.396 e. The average molecular weight is 498 g/mol. The summed E-state index contributed by atoms with van der Waals surface area (Å²) in [5.41, 5.74) is 0.442. The lowest BCUT2D eigenvalue weighted by atomic mass is 9.92. The van der Waals surface area contributed by atoms with Gasteiger partial charge in [-0.25, -0.2) is 4.98 Å². The standard InChI is InChI=1S/C25H35N7O4/c1-25(2,15-33)14-27-23(34)18-13-28-32-21(26-3)12-20(30-22(18)32)29-19-9-6-10-31(24(19)35)16-7-5-8-17(11-16)36-4/h6,9-10,12-13,16-17,26,33H,5,7-8,11,14-15H2,1-4H3,(H,27,34)(H,29,30)/t16?,17-/m1/s1. The number of amides is 1. The number of aliphatic hydroxyl groups excluding tert-OH is 1. The van der Waals surface area contributed by atoms with Gasteiger partial charge in [-0.3, -0.25) is 9.59 Å². The van der Waals surface area contributed by atoms with E-state index < -0.39 is 5.41 Å². The number of nitrogens with zero attached hydrogens (tertiary/aromatic N) is 4. The first-order valence-corrected chi connectivity index (χ1v) is 12.2. The molecule has 0 radical (unpaired) electrons. The Morgan fingerprint density at radius 1 is 1.33 bits per heavy atom. The highest BCUT2D eigenvalue weighted by Gasteiger charge is 2.25. The van der Waals surface area contributed by atoms with E-state index in [-0.39, 0.29) is 30.2 Å². The number of nitrogens with one attached hydrogen (secondary N) is 3. The number of anilines is 3. The molecule has 11 nitrogen and oxygen atoms in total. The Labute approximate surface area is 209 Å². The van der Waals surface area contributed by atoms with Crippen molar-refractivity contribution >= 4 is 28.9 Å². The Morgan fingerprint density at radius 2 is 2.14 bits per heavy atom. The number of carbonyl (C=O) groups excluding carboxylic acids is 1. The highest BCUT2D eigenvalue weighted by Crippen LogP contribution is 2.29. The van der Waals surface area contributed by atoms with Crippen LogP contribution in [0.25, 0.3) is 5.65 Å². The second kappa shape index (κ2) is 10.7. The number of aromatic nitrogens is 4. The first kappa shape index (κ1) is 25.6. The molecule has 0 bridgehead atoms. The number of methoxy groups -OCH3 is 1. The number of ether oxygens (including phenoxy) is 1. The molecule has 2 atom stereocenters. The van der Waals surface area contributed by atoms with Crippen molar-refractivity contribution in [2.45, 2.75) is 51.7 Å². The van der Waals surface area contributed by atoms with Crippen LogP contribution in [0.3, 0.4) is 0 Å². The summed E-state index contributed by atoms with van der Waals surface area (Å²) >= 11 is 0. The molecule has 11 heteroatoms. The Morgan fingerprint density at radius 3 is 2.86 bits per heavy atom. The van der Waals surface area contributed by atoms with E-state index in [1.807, 2.05) is 26.1 Å².